The van der Waals surface area contributed by atoms with Crippen molar-refractivity contribution in [3.05, 3.63) is 35.4 Å². The van der Waals surface area contributed by atoms with E-state index in [9.17, 15) is 9.59 Å². The van der Waals surface area contributed by atoms with Crippen LogP contribution in [0.15, 0.2) is 24.3 Å². The Morgan fingerprint density at radius 2 is 1.59 bits per heavy atom. The summed E-state index contributed by atoms with van der Waals surface area (Å²) in [6, 6.07) is 8.02. The topological polar surface area (TPSA) is 49.9 Å². The van der Waals surface area contributed by atoms with E-state index in [1.165, 1.54) is 0 Å². The van der Waals surface area contributed by atoms with Crippen LogP contribution >= 0.6 is 0 Å². The van der Waals surface area contributed by atoms with Crippen LogP contribution in [-0.4, -0.2) is 52.6 Å². The predicted octanol–water partition coefficient (Wildman–Crippen LogP) is 4.21. The Bertz CT molecular complexity index is 716. The molecule has 2 heterocycles. The zero-order valence-corrected chi connectivity index (χ0v) is 17.4. The molecule has 1 aromatic carbocycles. The number of piperazine rings is 1. The van der Waals surface area contributed by atoms with Gasteiger partial charge in [0.2, 0.25) is 0 Å². The molecule has 0 spiro atoms. The third-order valence-corrected chi connectivity index (χ3v) is 5.35. The van der Waals surface area contributed by atoms with E-state index in [1.807, 2.05) is 48.8 Å². The monoisotopic (exact) mass is 372 g/mol. The van der Waals surface area contributed by atoms with Gasteiger partial charge in [-0.15, -0.1) is 0 Å². The number of hydrogen-bond acceptors (Lipinski definition) is 3. The van der Waals surface area contributed by atoms with E-state index in [0.717, 1.165) is 24.0 Å². The lowest BCUT2D eigenvalue weighted by atomic mass is 9.86. The van der Waals surface area contributed by atoms with E-state index in [-0.39, 0.29) is 29.5 Å². The average molecular weight is 373 g/mol. The smallest absolute Gasteiger partial charge is 0.410 e. The molecule has 2 aliphatic rings. The minimum atomic E-state index is -0.503. The Morgan fingerprint density at radius 3 is 2.11 bits per heavy atom. The summed E-state index contributed by atoms with van der Waals surface area (Å²) in [6.45, 7) is 13.3. The number of fused-ring (bicyclic) bond motifs is 2. The van der Waals surface area contributed by atoms with Crippen LogP contribution in [0.2, 0.25) is 0 Å². The number of benzene rings is 1. The van der Waals surface area contributed by atoms with Crippen molar-refractivity contribution in [1.29, 1.82) is 0 Å². The summed E-state index contributed by atoms with van der Waals surface area (Å²) in [6.07, 6.45) is 1.60. The highest BCUT2D eigenvalue weighted by Gasteiger charge is 2.45. The molecule has 2 amide bonds. The molecule has 1 aromatic rings. The maximum Gasteiger partial charge on any atom is 0.410 e. The van der Waals surface area contributed by atoms with Gasteiger partial charge in [0.15, 0.2) is 0 Å². The van der Waals surface area contributed by atoms with Gasteiger partial charge < -0.3 is 9.64 Å². The molecule has 0 N–H and O–H groups in total. The summed E-state index contributed by atoms with van der Waals surface area (Å²) < 4.78 is 5.58. The largest absolute Gasteiger partial charge is 0.444 e. The van der Waals surface area contributed by atoms with Gasteiger partial charge in [0, 0.05) is 18.7 Å². The Kier molecular flexibility index (Phi) is 5.00. The molecule has 2 bridgehead atoms. The number of hydrogen-bond donors (Lipinski definition) is 0. The van der Waals surface area contributed by atoms with E-state index < -0.39 is 5.60 Å². The minimum absolute atomic E-state index is 0.00469. The molecular weight excluding hydrogens is 340 g/mol. The van der Waals surface area contributed by atoms with Crippen molar-refractivity contribution in [2.24, 2.45) is 0 Å². The van der Waals surface area contributed by atoms with Gasteiger partial charge >= 0.3 is 6.09 Å². The van der Waals surface area contributed by atoms with Crippen LogP contribution in [0.3, 0.4) is 0 Å². The summed E-state index contributed by atoms with van der Waals surface area (Å²) in [7, 11) is 0. The Morgan fingerprint density at radius 1 is 1.00 bits per heavy atom. The van der Waals surface area contributed by atoms with Gasteiger partial charge in [0.05, 0.1) is 12.1 Å². The van der Waals surface area contributed by atoms with Crippen molar-refractivity contribution < 1.29 is 14.3 Å². The van der Waals surface area contributed by atoms with Crippen molar-refractivity contribution in [1.82, 2.24) is 9.80 Å². The van der Waals surface area contributed by atoms with Gasteiger partial charge in [-0.1, -0.05) is 32.9 Å². The lowest BCUT2D eigenvalue weighted by molar-refractivity contribution is -0.00335. The maximum atomic E-state index is 13.1. The van der Waals surface area contributed by atoms with Crippen LogP contribution in [0.25, 0.3) is 0 Å². The predicted molar refractivity (Wildman–Crippen MR) is 106 cm³/mol. The fourth-order valence-corrected chi connectivity index (χ4v) is 3.98. The number of ether oxygens (including phenoxy) is 1. The summed E-state index contributed by atoms with van der Waals surface area (Å²) in [5.74, 6) is 0.0573. The molecule has 27 heavy (non-hydrogen) atoms. The van der Waals surface area contributed by atoms with Gasteiger partial charge in [-0.05, 0) is 56.7 Å². The molecule has 148 valence electrons. The lowest BCUT2D eigenvalue weighted by Crippen LogP contribution is -2.57. The standard InChI is InChI=1S/C22H32N2O3/c1-21(2,3)16-9-7-8-15(12-16)19(25)23-13-17-10-11-18(14-23)24(17)20(26)27-22(4,5)6/h7-9,12,17-18H,10-11,13-14H2,1-6H3. The Hall–Kier alpha value is -2.04. The SMILES string of the molecule is CC(C)(C)OC(=O)N1C2CCC1CN(C(=O)c1cccc(C(C)(C)C)c1)C2. The number of carbonyl (C=O) groups excluding carboxylic acids is 2. The van der Waals surface area contributed by atoms with Gasteiger partial charge in [-0.3, -0.25) is 9.69 Å². The highest BCUT2D eigenvalue weighted by Crippen LogP contribution is 2.32. The van der Waals surface area contributed by atoms with Crippen molar-refractivity contribution in [3.63, 3.8) is 0 Å². The molecular formula is C22H32N2O3. The molecule has 2 fully saturated rings. The number of amides is 2. The van der Waals surface area contributed by atoms with Crippen LogP contribution in [-0.2, 0) is 10.2 Å². The number of carbonyl (C=O) groups is 2. The number of nitrogens with zero attached hydrogens (tertiary/aromatic N) is 2. The summed E-state index contributed by atoms with van der Waals surface area (Å²) >= 11 is 0. The lowest BCUT2D eigenvalue weighted by Gasteiger charge is -2.41. The van der Waals surface area contributed by atoms with E-state index in [4.69, 9.17) is 4.74 Å². The van der Waals surface area contributed by atoms with Gasteiger partial charge in [0.1, 0.15) is 5.60 Å². The van der Waals surface area contributed by atoms with Crippen LogP contribution in [0.4, 0.5) is 4.79 Å². The van der Waals surface area contributed by atoms with Gasteiger partial charge in [-0.2, -0.15) is 0 Å². The highest BCUT2D eigenvalue weighted by atomic mass is 16.6. The summed E-state index contributed by atoms with van der Waals surface area (Å²) in [5, 5.41) is 0. The molecule has 2 atom stereocenters. The first-order valence-electron chi connectivity index (χ1n) is 9.87. The molecule has 2 saturated heterocycles. The Balaban J connectivity index is 1.73. The van der Waals surface area contributed by atoms with Crippen molar-refractivity contribution >= 4 is 12.0 Å². The quantitative estimate of drug-likeness (QED) is 0.742. The first-order valence-corrected chi connectivity index (χ1v) is 9.87. The van der Waals surface area contributed by atoms with E-state index >= 15 is 0 Å². The van der Waals surface area contributed by atoms with Crippen molar-refractivity contribution in [3.8, 4) is 0 Å². The molecule has 0 radical (unpaired) electrons. The molecule has 5 heteroatoms. The molecule has 0 saturated carbocycles. The zero-order valence-electron chi connectivity index (χ0n) is 17.4. The van der Waals surface area contributed by atoms with Crippen LogP contribution in [0.5, 0.6) is 0 Å². The molecule has 2 aliphatic heterocycles. The molecule has 5 nitrogen and oxygen atoms in total. The zero-order chi connectivity index (χ0) is 20.0. The number of likely N-dealkylation sites (tertiary alicyclic amines) is 1. The molecule has 3 rings (SSSR count). The first kappa shape index (κ1) is 19.7. The fraction of sp³-hybridized carbons (Fsp3) is 0.636. The van der Waals surface area contributed by atoms with Gasteiger partial charge in [-0.25, -0.2) is 4.79 Å². The van der Waals surface area contributed by atoms with Crippen LogP contribution in [0.1, 0.15) is 70.3 Å². The van der Waals surface area contributed by atoms with E-state index in [2.05, 4.69) is 26.8 Å². The Labute approximate surface area is 162 Å². The van der Waals surface area contributed by atoms with Crippen LogP contribution in [0, 0.1) is 0 Å². The third-order valence-electron chi connectivity index (χ3n) is 5.35. The molecule has 2 unspecified atom stereocenters. The van der Waals surface area contributed by atoms with E-state index in [0.29, 0.717) is 13.1 Å². The fourth-order valence-electron chi connectivity index (χ4n) is 3.98. The van der Waals surface area contributed by atoms with E-state index in [1.54, 1.807) is 0 Å². The first-order chi connectivity index (χ1) is 12.5. The second-order valence-corrected chi connectivity index (χ2v) is 9.81. The highest BCUT2D eigenvalue weighted by molar-refractivity contribution is 5.94. The van der Waals surface area contributed by atoms with Gasteiger partial charge in [0.25, 0.3) is 5.91 Å². The summed E-state index contributed by atoms with van der Waals surface area (Å²) in [4.78, 5) is 29.4. The normalized spacial score (nSPS) is 22.7. The van der Waals surface area contributed by atoms with Crippen molar-refractivity contribution in [2.45, 2.75) is 77.5 Å². The third kappa shape index (κ3) is 4.28. The van der Waals surface area contributed by atoms with Crippen LogP contribution < -0.4 is 0 Å². The average Bonchev–Trinajstić information content (AvgIpc) is 2.82. The second kappa shape index (κ2) is 6.84. The number of rotatable bonds is 1. The maximum absolute atomic E-state index is 13.1. The summed E-state index contributed by atoms with van der Waals surface area (Å²) in [5.41, 5.74) is 1.39. The minimum Gasteiger partial charge on any atom is -0.444 e. The second-order valence-electron chi connectivity index (χ2n) is 9.81. The molecule has 0 aliphatic carbocycles. The van der Waals surface area contributed by atoms with Crippen molar-refractivity contribution in [2.75, 3.05) is 13.1 Å². The molecule has 0 aromatic heterocycles.